The fourth-order valence-corrected chi connectivity index (χ4v) is 1.75. The van der Waals surface area contributed by atoms with Gasteiger partial charge in [0.2, 0.25) is 0 Å². The molecule has 0 atom stereocenters. The number of hydrogen-bond acceptors (Lipinski definition) is 3. The number of rotatable bonds is 7. The van der Waals surface area contributed by atoms with Gasteiger partial charge in [-0.1, -0.05) is 29.3 Å². The van der Waals surface area contributed by atoms with Crippen molar-refractivity contribution in [2.24, 2.45) is 0 Å². The molecule has 1 amide bonds. The lowest BCUT2D eigenvalue weighted by Crippen LogP contribution is -2.37. The summed E-state index contributed by atoms with van der Waals surface area (Å²) in [5.41, 5.74) is 0. The molecule has 0 saturated heterocycles. The van der Waals surface area contributed by atoms with E-state index in [4.69, 9.17) is 33.0 Å². The fraction of sp³-hybridized carbons (Fsp3) is 0.308. The molecule has 0 radical (unpaired) electrons. The molecule has 0 bridgehead atoms. The number of aliphatic hydroxyl groups is 1. The molecule has 6 heteroatoms. The van der Waals surface area contributed by atoms with Crippen LogP contribution < -0.4 is 4.74 Å². The lowest BCUT2D eigenvalue weighted by atomic mass is 10.3. The molecule has 1 N–H and O–H groups in total. The normalized spacial score (nSPS) is 10.1. The minimum atomic E-state index is -0.259. The van der Waals surface area contributed by atoms with Gasteiger partial charge >= 0.3 is 0 Å². The van der Waals surface area contributed by atoms with Crippen molar-refractivity contribution in [1.82, 2.24) is 4.90 Å². The van der Waals surface area contributed by atoms with Crippen LogP contribution in [0.1, 0.15) is 0 Å². The van der Waals surface area contributed by atoms with Gasteiger partial charge in [-0.3, -0.25) is 4.79 Å². The van der Waals surface area contributed by atoms with Crippen molar-refractivity contribution in [2.45, 2.75) is 0 Å². The molecule has 0 fully saturated rings. The first-order chi connectivity index (χ1) is 9.08. The molecule has 0 heterocycles. The molecule has 1 aromatic carbocycles. The van der Waals surface area contributed by atoms with Crippen LogP contribution in [0.3, 0.4) is 0 Å². The van der Waals surface area contributed by atoms with Crippen molar-refractivity contribution in [3.8, 4) is 5.75 Å². The zero-order valence-electron chi connectivity index (χ0n) is 10.3. The Bertz CT molecular complexity index is 452. The highest BCUT2D eigenvalue weighted by Gasteiger charge is 2.13. The summed E-state index contributed by atoms with van der Waals surface area (Å²) in [7, 11) is 0. The highest BCUT2D eigenvalue weighted by atomic mass is 35.5. The summed E-state index contributed by atoms with van der Waals surface area (Å²) < 4.78 is 5.33. The molecule has 0 saturated carbocycles. The first-order valence-corrected chi connectivity index (χ1v) is 6.41. The Balaban J connectivity index is 2.61. The molecule has 4 nitrogen and oxygen atoms in total. The summed E-state index contributed by atoms with van der Waals surface area (Å²) in [5, 5.41) is 9.73. The van der Waals surface area contributed by atoms with Gasteiger partial charge in [0.05, 0.1) is 11.6 Å². The molecule has 0 unspecified atom stereocenters. The molecular weight excluding hydrogens is 289 g/mol. The molecule has 0 aliphatic carbocycles. The van der Waals surface area contributed by atoms with Crippen molar-refractivity contribution < 1.29 is 14.6 Å². The van der Waals surface area contributed by atoms with Crippen LogP contribution in [-0.2, 0) is 4.79 Å². The first kappa shape index (κ1) is 15.8. The average Bonchev–Trinajstić information content (AvgIpc) is 2.39. The van der Waals surface area contributed by atoms with Crippen LogP contribution in [0.2, 0.25) is 10.0 Å². The van der Waals surface area contributed by atoms with Crippen molar-refractivity contribution >= 4 is 29.1 Å². The second-order valence-electron chi connectivity index (χ2n) is 3.72. The lowest BCUT2D eigenvalue weighted by Gasteiger charge is -2.20. The zero-order valence-corrected chi connectivity index (χ0v) is 11.8. The zero-order chi connectivity index (χ0) is 14.3. The molecule has 104 valence electrons. The van der Waals surface area contributed by atoms with Gasteiger partial charge in [-0.2, -0.15) is 0 Å². The van der Waals surface area contributed by atoms with Crippen molar-refractivity contribution in [3.05, 3.63) is 40.9 Å². The summed E-state index contributed by atoms with van der Waals surface area (Å²) in [4.78, 5) is 13.3. The van der Waals surface area contributed by atoms with Crippen molar-refractivity contribution in [2.75, 3.05) is 26.3 Å². The number of aliphatic hydroxyl groups excluding tert-OH is 1. The van der Waals surface area contributed by atoms with E-state index in [9.17, 15) is 4.79 Å². The third kappa shape index (κ3) is 5.11. The van der Waals surface area contributed by atoms with Crippen LogP contribution in [0.5, 0.6) is 5.75 Å². The van der Waals surface area contributed by atoms with E-state index in [0.29, 0.717) is 22.3 Å². The first-order valence-electron chi connectivity index (χ1n) is 5.66. The maximum absolute atomic E-state index is 11.9. The van der Waals surface area contributed by atoms with Crippen LogP contribution in [0.25, 0.3) is 0 Å². The van der Waals surface area contributed by atoms with E-state index in [0.717, 1.165) is 0 Å². The topological polar surface area (TPSA) is 49.8 Å². The Morgan fingerprint density at radius 1 is 1.47 bits per heavy atom. The standard InChI is InChI=1S/C13H15Cl2NO3/c1-2-5-16(6-7-17)13(18)9-19-12-8-10(14)3-4-11(12)15/h2-4,8,17H,1,5-7,9H2. The van der Waals surface area contributed by atoms with E-state index in [2.05, 4.69) is 6.58 Å². The Morgan fingerprint density at radius 3 is 2.84 bits per heavy atom. The molecule has 0 aromatic heterocycles. The fourth-order valence-electron chi connectivity index (χ4n) is 1.41. The summed E-state index contributed by atoms with van der Waals surface area (Å²) in [6, 6.07) is 4.77. The predicted molar refractivity (Wildman–Crippen MR) is 75.8 cm³/mol. The number of carbonyl (C=O) groups excluding carboxylic acids is 1. The quantitative estimate of drug-likeness (QED) is 0.787. The number of hydrogen-bond donors (Lipinski definition) is 1. The number of nitrogens with zero attached hydrogens (tertiary/aromatic N) is 1. The highest BCUT2D eigenvalue weighted by molar-refractivity contribution is 6.34. The molecule has 1 rings (SSSR count). The molecule has 19 heavy (non-hydrogen) atoms. The van der Waals surface area contributed by atoms with E-state index in [1.165, 1.54) is 4.90 Å². The number of carbonyl (C=O) groups is 1. The van der Waals surface area contributed by atoms with Gasteiger partial charge in [0.25, 0.3) is 5.91 Å². The molecule has 1 aromatic rings. The van der Waals surface area contributed by atoms with Crippen LogP contribution in [-0.4, -0.2) is 42.2 Å². The number of halogens is 2. The van der Waals surface area contributed by atoms with Gasteiger partial charge in [-0.15, -0.1) is 6.58 Å². The molecule has 0 aliphatic heterocycles. The van der Waals surface area contributed by atoms with E-state index < -0.39 is 0 Å². The third-order valence-electron chi connectivity index (χ3n) is 2.32. The van der Waals surface area contributed by atoms with Gasteiger partial charge in [-0.05, 0) is 12.1 Å². The Labute approximate surface area is 122 Å². The van der Waals surface area contributed by atoms with Crippen LogP contribution >= 0.6 is 23.2 Å². The summed E-state index contributed by atoms with van der Waals surface area (Å²) in [5.74, 6) is 0.0926. The van der Waals surface area contributed by atoms with E-state index in [1.807, 2.05) is 0 Å². The SMILES string of the molecule is C=CCN(CCO)C(=O)COc1cc(Cl)ccc1Cl. The second kappa shape index (κ2) is 8.04. The molecular formula is C13H15Cl2NO3. The van der Waals surface area contributed by atoms with Gasteiger partial charge in [-0.25, -0.2) is 0 Å². The monoisotopic (exact) mass is 303 g/mol. The average molecular weight is 304 g/mol. The number of ether oxygens (including phenoxy) is 1. The van der Waals surface area contributed by atoms with Gasteiger partial charge < -0.3 is 14.7 Å². The van der Waals surface area contributed by atoms with Crippen LogP contribution in [0, 0.1) is 0 Å². The highest BCUT2D eigenvalue weighted by Crippen LogP contribution is 2.27. The second-order valence-corrected chi connectivity index (χ2v) is 4.56. The Morgan fingerprint density at radius 2 is 2.21 bits per heavy atom. The van der Waals surface area contributed by atoms with Crippen LogP contribution in [0.4, 0.5) is 0 Å². The van der Waals surface area contributed by atoms with Crippen LogP contribution in [0.15, 0.2) is 30.9 Å². The van der Waals surface area contributed by atoms with Gasteiger partial charge in [0, 0.05) is 24.2 Å². The van der Waals surface area contributed by atoms with Crippen molar-refractivity contribution in [3.63, 3.8) is 0 Å². The summed E-state index contributed by atoms with van der Waals surface area (Å²) in [6.07, 6.45) is 1.58. The molecule has 0 aliphatic rings. The minimum absolute atomic E-state index is 0.114. The minimum Gasteiger partial charge on any atom is -0.482 e. The third-order valence-corrected chi connectivity index (χ3v) is 2.86. The Kier molecular flexibility index (Phi) is 6.70. The number of amides is 1. The van der Waals surface area contributed by atoms with Gasteiger partial charge in [0.15, 0.2) is 6.61 Å². The van der Waals surface area contributed by atoms with E-state index in [1.54, 1.807) is 24.3 Å². The maximum Gasteiger partial charge on any atom is 0.260 e. The lowest BCUT2D eigenvalue weighted by molar-refractivity contribution is -0.133. The molecule has 0 spiro atoms. The van der Waals surface area contributed by atoms with Gasteiger partial charge in [0.1, 0.15) is 5.75 Å². The van der Waals surface area contributed by atoms with E-state index in [-0.39, 0.29) is 25.7 Å². The Hall–Kier alpha value is -1.23. The van der Waals surface area contributed by atoms with Crippen molar-refractivity contribution in [1.29, 1.82) is 0 Å². The van der Waals surface area contributed by atoms with E-state index >= 15 is 0 Å². The smallest absolute Gasteiger partial charge is 0.260 e. The largest absolute Gasteiger partial charge is 0.482 e. The maximum atomic E-state index is 11.9. The predicted octanol–water partition coefficient (Wildman–Crippen LogP) is 2.38. The summed E-state index contributed by atoms with van der Waals surface area (Å²) in [6.45, 7) is 3.85. The number of benzene rings is 1. The summed E-state index contributed by atoms with van der Waals surface area (Å²) >= 11 is 11.7.